The van der Waals surface area contributed by atoms with Crippen LogP contribution < -0.4 is 11.1 Å². The third-order valence-electron chi connectivity index (χ3n) is 3.41. The van der Waals surface area contributed by atoms with Crippen LogP contribution in [0.3, 0.4) is 0 Å². The number of aromatic nitrogens is 2. The summed E-state index contributed by atoms with van der Waals surface area (Å²) < 4.78 is 0. The SMILES string of the molecule is CCCC1CC1Nc1nc2ccc(N)cc2[nH]1. The minimum atomic E-state index is 0.604. The van der Waals surface area contributed by atoms with Gasteiger partial charge in [-0.25, -0.2) is 4.98 Å². The van der Waals surface area contributed by atoms with Crippen molar-refractivity contribution < 1.29 is 0 Å². The fourth-order valence-corrected chi connectivity index (χ4v) is 2.39. The summed E-state index contributed by atoms with van der Waals surface area (Å²) >= 11 is 0. The summed E-state index contributed by atoms with van der Waals surface area (Å²) in [6.07, 6.45) is 3.84. The first-order valence-corrected chi connectivity index (χ1v) is 6.28. The summed E-state index contributed by atoms with van der Waals surface area (Å²) in [6.45, 7) is 2.24. The van der Waals surface area contributed by atoms with E-state index in [-0.39, 0.29) is 0 Å². The van der Waals surface area contributed by atoms with Crippen LogP contribution in [0.15, 0.2) is 18.2 Å². The van der Waals surface area contributed by atoms with E-state index in [4.69, 9.17) is 5.73 Å². The van der Waals surface area contributed by atoms with Crippen LogP contribution in [0, 0.1) is 5.92 Å². The van der Waals surface area contributed by atoms with Crippen molar-refractivity contribution in [3.8, 4) is 0 Å². The van der Waals surface area contributed by atoms with E-state index in [9.17, 15) is 0 Å². The Bertz CT molecular complexity index is 531. The van der Waals surface area contributed by atoms with Gasteiger partial charge in [0.25, 0.3) is 0 Å². The van der Waals surface area contributed by atoms with Gasteiger partial charge < -0.3 is 16.0 Å². The van der Waals surface area contributed by atoms with Crippen LogP contribution in [0.1, 0.15) is 26.2 Å². The molecule has 0 spiro atoms. The number of anilines is 2. The van der Waals surface area contributed by atoms with Gasteiger partial charge in [-0.15, -0.1) is 0 Å². The lowest BCUT2D eigenvalue weighted by Gasteiger charge is -2.00. The predicted molar refractivity (Wildman–Crippen MR) is 70.9 cm³/mol. The third-order valence-corrected chi connectivity index (χ3v) is 3.41. The topological polar surface area (TPSA) is 66.7 Å². The molecule has 1 aromatic carbocycles. The standard InChI is InChI=1S/C13H18N4/c1-2-3-8-6-11(8)16-13-15-10-5-4-9(14)7-12(10)17-13/h4-5,7-8,11H,2-3,6,14H2,1H3,(H2,15,16,17). The van der Waals surface area contributed by atoms with Crippen LogP contribution >= 0.6 is 0 Å². The molecule has 2 atom stereocenters. The second-order valence-corrected chi connectivity index (χ2v) is 4.90. The first-order valence-electron chi connectivity index (χ1n) is 6.28. The van der Waals surface area contributed by atoms with Gasteiger partial charge in [0.2, 0.25) is 5.95 Å². The van der Waals surface area contributed by atoms with E-state index in [0.29, 0.717) is 6.04 Å². The van der Waals surface area contributed by atoms with E-state index in [2.05, 4.69) is 22.2 Å². The number of imidazole rings is 1. The van der Waals surface area contributed by atoms with Crippen LogP contribution in [-0.4, -0.2) is 16.0 Å². The number of nitrogens with zero attached hydrogens (tertiary/aromatic N) is 1. The highest BCUT2D eigenvalue weighted by molar-refractivity contribution is 5.80. The maximum Gasteiger partial charge on any atom is 0.201 e. The van der Waals surface area contributed by atoms with E-state index >= 15 is 0 Å². The number of hydrogen-bond donors (Lipinski definition) is 3. The summed E-state index contributed by atoms with van der Waals surface area (Å²) in [6, 6.07) is 6.35. The highest BCUT2D eigenvalue weighted by Crippen LogP contribution is 2.36. The number of rotatable bonds is 4. The van der Waals surface area contributed by atoms with Crippen molar-refractivity contribution in [3.05, 3.63) is 18.2 Å². The summed E-state index contributed by atoms with van der Waals surface area (Å²) in [5, 5.41) is 3.45. The molecule has 2 aromatic rings. The van der Waals surface area contributed by atoms with Crippen molar-refractivity contribution >= 4 is 22.7 Å². The molecular formula is C13H18N4. The third kappa shape index (κ3) is 2.07. The van der Waals surface area contributed by atoms with Gasteiger partial charge in [-0.3, -0.25) is 0 Å². The van der Waals surface area contributed by atoms with Crippen LogP contribution in [0.4, 0.5) is 11.6 Å². The smallest absolute Gasteiger partial charge is 0.201 e. The average Bonchev–Trinajstić information content (AvgIpc) is 2.88. The molecule has 0 bridgehead atoms. The molecule has 17 heavy (non-hydrogen) atoms. The predicted octanol–water partition coefficient (Wildman–Crippen LogP) is 2.75. The molecule has 1 fully saturated rings. The molecule has 1 aromatic heterocycles. The van der Waals surface area contributed by atoms with Crippen molar-refractivity contribution in [1.29, 1.82) is 0 Å². The van der Waals surface area contributed by atoms with Gasteiger partial charge >= 0.3 is 0 Å². The number of hydrogen-bond acceptors (Lipinski definition) is 3. The van der Waals surface area contributed by atoms with E-state index in [1.165, 1.54) is 19.3 Å². The van der Waals surface area contributed by atoms with Crippen molar-refractivity contribution in [2.24, 2.45) is 5.92 Å². The highest BCUT2D eigenvalue weighted by atomic mass is 15.2. The largest absolute Gasteiger partial charge is 0.399 e. The lowest BCUT2D eigenvalue weighted by atomic mass is 10.2. The minimum absolute atomic E-state index is 0.604. The Labute approximate surface area is 101 Å². The molecule has 4 N–H and O–H groups in total. The number of H-pyrrole nitrogens is 1. The number of nitrogens with two attached hydrogens (primary N) is 1. The van der Waals surface area contributed by atoms with Crippen molar-refractivity contribution in [3.63, 3.8) is 0 Å². The zero-order valence-corrected chi connectivity index (χ0v) is 10.0. The van der Waals surface area contributed by atoms with E-state index < -0.39 is 0 Å². The number of nitrogen functional groups attached to an aromatic ring is 1. The molecule has 0 aliphatic heterocycles. The molecule has 0 amide bonds. The molecule has 90 valence electrons. The zero-order chi connectivity index (χ0) is 11.8. The van der Waals surface area contributed by atoms with Crippen molar-refractivity contribution in [1.82, 2.24) is 9.97 Å². The second-order valence-electron chi connectivity index (χ2n) is 4.90. The molecule has 2 unspecified atom stereocenters. The van der Waals surface area contributed by atoms with E-state index in [1.807, 2.05) is 18.2 Å². The number of nitrogens with one attached hydrogen (secondary N) is 2. The molecular weight excluding hydrogens is 212 g/mol. The monoisotopic (exact) mass is 230 g/mol. The molecule has 0 radical (unpaired) electrons. The molecule has 0 saturated heterocycles. The summed E-state index contributed by atoms with van der Waals surface area (Å²) in [7, 11) is 0. The van der Waals surface area contributed by atoms with Gasteiger partial charge in [0.1, 0.15) is 0 Å². The molecule has 3 rings (SSSR count). The minimum Gasteiger partial charge on any atom is -0.399 e. The second kappa shape index (κ2) is 3.95. The first-order chi connectivity index (χ1) is 8.26. The average molecular weight is 230 g/mol. The lowest BCUT2D eigenvalue weighted by Crippen LogP contribution is -2.05. The Morgan fingerprint density at radius 1 is 1.53 bits per heavy atom. The van der Waals surface area contributed by atoms with Gasteiger partial charge in [0.05, 0.1) is 11.0 Å². The maximum absolute atomic E-state index is 5.74. The molecule has 1 aliphatic carbocycles. The Morgan fingerprint density at radius 3 is 3.24 bits per heavy atom. The molecule has 1 heterocycles. The highest BCUT2D eigenvalue weighted by Gasteiger charge is 2.36. The Kier molecular flexibility index (Phi) is 2.42. The van der Waals surface area contributed by atoms with Crippen LogP contribution in [0.25, 0.3) is 11.0 Å². The van der Waals surface area contributed by atoms with Gasteiger partial charge in [-0.1, -0.05) is 13.3 Å². The quantitative estimate of drug-likeness (QED) is 0.707. The van der Waals surface area contributed by atoms with E-state index in [1.54, 1.807) is 0 Å². The lowest BCUT2D eigenvalue weighted by molar-refractivity contribution is 0.691. The summed E-state index contributed by atoms with van der Waals surface area (Å²) in [5.41, 5.74) is 8.47. The molecule has 1 saturated carbocycles. The van der Waals surface area contributed by atoms with E-state index in [0.717, 1.165) is 28.6 Å². The first kappa shape index (κ1) is 10.4. The molecule has 1 aliphatic rings. The normalized spacial score (nSPS) is 22.9. The number of benzene rings is 1. The van der Waals surface area contributed by atoms with Gasteiger partial charge in [-0.2, -0.15) is 0 Å². The molecule has 4 heteroatoms. The Balaban J connectivity index is 1.74. The fraction of sp³-hybridized carbons (Fsp3) is 0.462. The fourth-order valence-electron chi connectivity index (χ4n) is 2.39. The molecule has 4 nitrogen and oxygen atoms in total. The van der Waals surface area contributed by atoms with Crippen molar-refractivity contribution in [2.75, 3.05) is 11.1 Å². The number of fused-ring (bicyclic) bond motifs is 1. The van der Waals surface area contributed by atoms with Gasteiger partial charge in [0.15, 0.2) is 0 Å². The van der Waals surface area contributed by atoms with Gasteiger partial charge in [0, 0.05) is 11.7 Å². The maximum atomic E-state index is 5.74. The van der Waals surface area contributed by atoms with Crippen LogP contribution in [0.5, 0.6) is 0 Å². The number of aromatic amines is 1. The summed E-state index contributed by atoms with van der Waals surface area (Å²) in [5.74, 6) is 1.70. The Hall–Kier alpha value is -1.71. The van der Waals surface area contributed by atoms with Crippen LogP contribution in [0.2, 0.25) is 0 Å². The van der Waals surface area contributed by atoms with Gasteiger partial charge in [-0.05, 0) is 37.0 Å². The summed E-state index contributed by atoms with van der Waals surface area (Å²) in [4.78, 5) is 7.77. The van der Waals surface area contributed by atoms with Crippen LogP contribution in [-0.2, 0) is 0 Å². The Morgan fingerprint density at radius 2 is 2.41 bits per heavy atom. The van der Waals surface area contributed by atoms with Crippen molar-refractivity contribution in [2.45, 2.75) is 32.2 Å². The zero-order valence-electron chi connectivity index (χ0n) is 10.0.